The Labute approximate surface area is 146 Å². The molecule has 1 saturated heterocycles. The molecule has 1 aliphatic heterocycles. The van der Waals surface area contributed by atoms with Crippen LogP contribution in [-0.4, -0.2) is 51.5 Å². The van der Waals surface area contributed by atoms with Gasteiger partial charge in [0.25, 0.3) is 0 Å². The highest BCUT2D eigenvalue weighted by Crippen LogP contribution is 2.28. The summed E-state index contributed by atoms with van der Waals surface area (Å²) < 4.78 is 11.7. The summed E-state index contributed by atoms with van der Waals surface area (Å²) in [7, 11) is 1.70. The third-order valence-corrected chi connectivity index (χ3v) is 3.97. The molecule has 134 valence electrons. The first-order valence-electron chi connectivity index (χ1n) is 7.96. The molecule has 8 heteroatoms. The number of rotatable bonds is 3. The summed E-state index contributed by atoms with van der Waals surface area (Å²) in [4.78, 5) is 25.6. The van der Waals surface area contributed by atoms with E-state index in [4.69, 9.17) is 21.1 Å². The third-order valence-electron chi connectivity index (χ3n) is 3.86. The van der Waals surface area contributed by atoms with E-state index in [2.05, 4.69) is 5.10 Å². The Hall–Kier alpha value is -1.76. The quantitative estimate of drug-likeness (QED) is 0.614. The SMILES string of the molecule is Cn1nc(C2CCN(C(=O)OC(C)(C)C)CC2)cc1C(=O)OCCl. The number of carbonyl (C=O) groups excluding carboxylic acids is 2. The van der Waals surface area contributed by atoms with E-state index in [1.165, 1.54) is 4.68 Å². The molecule has 0 radical (unpaired) electrons. The lowest BCUT2D eigenvalue weighted by Gasteiger charge is -2.32. The van der Waals surface area contributed by atoms with Crippen LogP contribution in [0.1, 0.15) is 55.7 Å². The number of piperidine rings is 1. The molecule has 0 unspecified atom stereocenters. The lowest BCUT2D eigenvalue weighted by Crippen LogP contribution is -2.41. The molecule has 1 aromatic heterocycles. The topological polar surface area (TPSA) is 73.7 Å². The van der Waals surface area contributed by atoms with Crippen molar-refractivity contribution in [2.45, 2.75) is 45.1 Å². The molecule has 0 aromatic carbocycles. The van der Waals surface area contributed by atoms with Gasteiger partial charge < -0.3 is 14.4 Å². The standard InChI is InChI=1S/C16H24ClN3O4/c1-16(2,3)24-15(22)20-7-5-11(6-8-20)12-9-13(19(4)18-12)14(21)23-10-17/h9,11H,5-8,10H2,1-4H3. The van der Waals surface area contributed by atoms with E-state index in [0.717, 1.165) is 18.5 Å². The minimum atomic E-state index is -0.493. The summed E-state index contributed by atoms with van der Waals surface area (Å²) in [5.41, 5.74) is 0.718. The zero-order valence-electron chi connectivity index (χ0n) is 14.5. The molecular weight excluding hydrogens is 334 g/mol. The number of alkyl halides is 1. The summed E-state index contributed by atoms with van der Waals surface area (Å²) in [5, 5.41) is 4.40. The second kappa shape index (κ2) is 7.42. The smallest absolute Gasteiger partial charge is 0.410 e. The van der Waals surface area contributed by atoms with Gasteiger partial charge in [-0.15, -0.1) is 0 Å². The molecule has 24 heavy (non-hydrogen) atoms. The molecule has 1 aliphatic rings. The zero-order valence-corrected chi connectivity index (χ0v) is 15.3. The van der Waals surface area contributed by atoms with Crippen LogP contribution < -0.4 is 0 Å². The predicted octanol–water partition coefficient (Wildman–Crippen LogP) is 2.89. The third kappa shape index (κ3) is 4.63. The van der Waals surface area contributed by atoms with Gasteiger partial charge in [-0.2, -0.15) is 5.10 Å². The molecule has 0 bridgehead atoms. The van der Waals surface area contributed by atoms with Gasteiger partial charge in [-0.3, -0.25) is 4.68 Å². The number of aromatic nitrogens is 2. The van der Waals surface area contributed by atoms with Gasteiger partial charge in [0, 0.05) is 26.1 Å². The first kappa shape index (κ1) is 18.6. The Morgan fingerprint density at radius 1 is 1.33 bits per heavy atom. The molecule has 1 aromatic rings. The lowest BCUT2D eigenvalue weighted by atomic mass is 9.93. The molecule has 1 fully saturated rings. The monoisotopic (exact) mass is 357 g/mol. The van der Waals surface area contributed by atoms with Gasteiger partial charge >= 0.3 is 12.1 Å². The molecular formula is C16H24ClN3O4. The molecule has 0 aliphatic carbocycles. The minimum absolute atomic E-state index is 0.187. The van der Waals surface area contributed by atoms with Crippen molar-refractivity contribution < 1.29 is 19.1 Å². The van der Waals surface area contributed by atoms with Crippen LogP contribution in [0.2, 0.25) is 0 Å². The molecule has 2 rings (SSSR count). The number of amides is 1. The van der Waals surface area contributed by atoms with E-state index in [-0.39, 0.29) is 18.1 Å². The van der Waals surface area contributed by atoms with E-state index < -0.39 is 11.6 Å². The van der Waals surface area contributed by atoms with Gasteiger partial charge in [0.2, 0.25) is 0 Å². The number of carbonyl (C=O) groups is 2. The minimum Gasteiger partial charge on any atom is -0.445 e. The zero-order chi connectivity index (χ0) is 17.9. The summed E-state index contributed by atoms with van der Waals surface area (Å²) in [6.45, 7) is 6.78. The highest BCUT2D eigenvalue weighted by Gasteiger charge is 2.29. The number of nitrogens with zero attached hydrogens (tertiary/aromatic N) is 3. The van der Waals surface area contributed by atoms with Crippen LogP contribution in [0.5, 0.6) is 0 Å². The number of esters is 1. The van der Waals surface area contributed by atoms with Gasteiger partial charge in [0.15, 0.2) is 6.07 Å². The lowest BCUT2D eigenvalue weighted by molar-refractivity contribution is 0.0203. The second-order valence-corrected chi connectivity index (χ2v) is 7.08. The summed E-state index contributed by atoms with van der Waals surface area (Å²) in [6, 6.07) is 1.55. The molecule has 1 amide bonds. The first-order chi connectivity index (χ1) is 11.2. The summed E-state index contributed by atoms with van der Waals surface area (Å²) in [5.74, 6) is -0.287. The van der Waals surface area contributed by atoms with E-state index in [1.807, 2.05) is 20.8 Å². The number of hydrogen-bond donors (Lipinski definition) is 0. The summed E-state index contributed by atoms with van der Waals surface area (Å²) >= 11 is 5.42. The fourth-order valence-electron chi connectivity index (χ4n) is 2.69. The van der Waals surface area contributed by atoms with Crippen LogP contribution in [0.25, 0.3) is 0 Å². The van der Waals surface area contributed by atoms with Crippen LogP contribution in [0.15, 0.2) is 6.07 Å². The van der Waals surface area contributed by atoms with Crippen LogP contribution in [0.3, 0.4) is 0 Å². The van der Waals surface area contributed by atoms with Crippen LogP contribution >= 0.6 is 11.6 Å². The van der Waals surface area contributed by atoms with Crippen molar-refractivity contribution in [3.63, 3.8) is 0 Å². The Balaban J connectivity index is 1.96. The van der Waals surface area contributed by atoms with Crippen molar-refractivity contribution in [1.82, 2.24) is 14.7 Å². The number of aryl methyl sites for hydroxylation is 1. The number of likely N-dealkylation sites (tertiary alicyclic amines) is 1. The van der Waals surface area contributed by atoms with Crippen LogP contribution in [0, 0.1) is 0 Å². The maximum absolute atomic E-state index is 12.1. The molecule has 0 spiro atoms. The largest absolute Gasteiger partial charge is 0.445 e. The highest BCUT2D eigenvalue weighted by atomic mass is 35.5. The predicted molar refractivity (Wildman–Crippen MR) is 89.1 cm³/mol. The van der Waals surface area contributed by atoms with Gasteiger partial charge in [-0.25, -0.2) is 9.59 Å². The average Bonchev–Trinajstić information content (AvgIpc) is 2.88. The molecule has 0 atom stereocenters. The van der Waals surface area contributed by atoms with E-state index >= 15 is 0 Å². The fraction of sp³-hybridized carbons (Fsp3) is 0.688. The van der Waals surface area contributed by atoms with Gasteiger partial charge in [0.05, 0.1) is 5.69 Å². The Bertz CT molecular complexity index is 601. The average molecular weight is 358 g/mol. The van der Waals surface area contributed by atoms with Gasteiger partial charge in [0.1, 0.15) is 11.3 Å². The van der Waals surface area contributed by atoms with Gasteiger partial charge in [-0.1, -0.05) is 11.6 Å². The molecule has 7 nitrogen and oxygen atoms in total. The summed E-state index contributed by atoms with van der Waals surface area (Å²) in [6.07, 6.45) is 1.27. The Morgan fingerprint density at radius 2 is 1.96 bits per heavy atom. The number of ether oxygens (including phenoxy) is 2. The van der Waals surface area contributed by atoms with Crippen molar-refractivity contribution in [2.24, 2.45) is 7.05 Å². The van der Waals surface area contributed by atoms with Crippen LogP contribution in [0.4, 0.5) is 4.79 Å². The van der Waals surface area contributed by atoms with Crippen molar-refractivity contribution in [3.05, 3.63) is 17.5 Å². The molecule has 0 N–H and O–H groups in total. The van der Waals surface area contributed by atoms with Crippen LogP contribution in [-0.2, 0) is 16.5 Å². The second-order valence-electron chi connectivity index (χ2n) is 6.86. The highest BCUT2D eigenvalue weighted by molar-refractivity contribution is 6.17. The van der Waals surface area contributed by atoms with E-state index in [0.29, 0.717) is 18.8 Å². The van der Waals surface area contributed by atoms with Crippen molar-refractivity contribution in [2.75, 3.05) is 19.2 Å². The van der Waals surface area contributed by atoms with Crippen molar-refractivity contribution >= 4 is 23.7 Å². The van der Waals surface area contributed by atoms with Gasteiger partial charge in [-0.05, 0) is 39.7 Å². The molecule has 2 heterocycles. The van der Waals surface area contributed by atoms with Crippen molar-refractivity contribution in [1.29, 1.82) is 0 Å². The maximum Gasteiger partial charge on any atom is 0.410 e. The number of hydrogen-bond acceptors (Lipinski definition) is 5. The Kier molecular flexibility index (Phi) is 5.74. The Morgan fingerprint density at radius 3 is 2.50 bits per heavy atom. The fourth-order valence-corrected chi connectivity index (χ4v) is 2.79. The van der Waals surface area contributed by atoms with E-state index in [9.17, 15) is 9.59 Å². The first-order valence-corrected chi connectivity index (χ1v) is 8.49. The van der Waals surface area contributed by atoms with Crippen molar-refractivity contribution in [3.8, 4) is 0 Å². The normalized spacial score (nSPS) is 16.1. The molecule has 0 saturated carbocycles. The van der Waals surface area contributed by atoms with E-state index in [1.54, 1.807) is 18.0 Å². The maximum atomic E-state index is 12.1. The number of halogens is 1.